The zero-order valence-corrected chi connectivity index (χ0v) is 21.7. The van der Waals surface area contributed by atoms with E-state index in [2.05, 4.69) is 22.4 Å². The summed E-state index contributed by atoms with van der Waals surface area (Å²) in [7, 11) is 1.92. The van der Waals surface area contributed by atoms with E-state index < -0.39 is 17.6 Å². The lowest BCUT2D eigenvalue weighted by atomic mass is 9.72. The third kappa shape index (κ3) is 4.40. The van der Waals surface area contributed by atoms with E-state index in [9.17, 15) is 18.0 Å². The zero-order chi connectivity index (χ0) is 26.7. The van der Waals surface area contributed by atoms with Gasteiger partial charge in [-0.1, -0.05) is 18.6 Å². The fourth-order valence-electron chi connectivity index (χ4n) is 6.10. The minimum atomic E-state index is -4.54. The van der Waals surface area contributed by atoms with Crippen LogP contribution in [0.25, 0.3) is 0 Å². The largest absolute Gasteiger partial charge is 0.416 e. The molecule has 1 atom stereocenters. The first-order valence-corrected chi connectivity index (χ1v) is 13.4. The van der Waals surface area contributed by atoms with Crippen molar-refractivity contribution in [2.45, 2.75) is 76.2 Å². The van der Waals surface area contributed by atoms with Gasteiger partial charge in [0.2, 0.25) is 0 Å². The Morgan fingerprint density at radius 1 is 1.16 bits per heavy atom. The Bertz CT molecular complexity index is 1370. The number of carbonyl (C=O) groups is 1. The van der Waals surface area contributed by atoms with E-state index in [0.29, 0.717) is 23.7 Å². The molecule has 1 N–H and O–H groups in total. The van der Waals surface area contributed by atoms with E-state index in [-0.39, 0.29) is 29.1 Å². The molecule has 1 aliphatic heterocycles. The number of alkyl halides is 3. The van der Waals surface area contributed by atoms with E-state index in [4.69, 9.17) is 0 Å². The third-order valence-electron chi connectivity index (χ3n) is 8.77. The first-order chi connectivity index (χ1) is 18.1. The fraction of sp³-hybridized carbons (Fsp3) is 0.483. The van der Waals surface area contributed by atoms with Crippen molar-refractivity contribution in [3.63, 3.8) is 0 Å². The Kier molecular flexibility index (Phi) is 6.09. The van der Waals surface area contributed by atoms with Crippen LogP contribution in [-0.4, -0.2) is 26.2 Å². The minimum Gasteiger partial charge on any atom is -0.320 e. The molecule has 0 bridgehead atoms. The molecular formula is C29H32F3N5O. The highest BCUT2D eigenvalue weighted by atomic mass is 19.4. The average Bonchev–Trinajstić information content (AvgIpc) is 3.40. The van der Waals surface area contributed by atoms with Gasteiger partial charge in [-0.25, -0.2) is 0 Å². The van der Waals surface area contributed by atoms with Crippen LogP contribution < -0.4 is 10.2 Å². The summed E-state index contributed by atoms with van der Waals surface area (Å²) in [5.41, 5.74) is 1.52. The van der Waals surface area contributed by atoms with Crippen LogP contribution >= 0.6 is 0 Å². The summed E-state index contributed by atoms with van der Waals surface area (Å²) in [6.45, 7) is 2.29. The van der Waals surface area contributed by atoms with Gasteiger partial charge in [0, 0.05) is 36.3 Å². The first-order valence-electron chi connectivity index (χ1n) is 13.4. The van der Waals surface area contributed by atoms with Gasteiger partial charge in [-0.2, -0.15) is 13.2 Å². The predicted octanol–water partition coefficient (Wildman–Crippen LogP) is 5.96. The number of hydrogen-bond acceptors (Lipinski definition) is 4. The molecule has 6 nitrogen and oxygen atoms in total. The van der Waals surface area contributed by atoms with Crippen LogP contribution in [0, 0.1) is 5.92 Å². The van der Waals surface area contributed by atoms with Crippen molar-refractivity contribution in [2.75, 3.05) is 4.90 Å². The van der Waals surface area contributed by atoms with Gasteiger partial charge in [0.1, 0.15) is 12.2 Å². The summed E-state index contributed by atoms with van der Waals surface area (Å²) in [5, 5.41) is 11.8. The predicted molar refractivity (Wildman–Crippen MR) is 138 cm³/mol. The van der Waals surface area contributed by atoms with E-state index >= 15 is 0 Å². The summed E-state index contributed by atoms with van der Waals surface area (Å²) in [5.74, 6) is 0.911. The Morgan fingerprint density at radius 3 is 2.55 bits per heavy atom. The van der Waals surface area contributed by atoms with Crippen molar-refractivity contribution in [2.24, 2.45) is 13.0 Å². The number of fused-ring (bicyclic) bond motifs is 1. The lowest BCUT2D eigenvalue weighted by molar-refractivity contribution is -0.138. The molecule has 1 unspecified atom stereocenters. The van der Waals surface area contributed by atoms with Gasteiger partial charge in [0.15, 0.2) is 0 Å². The monoisotopic (exact) mass is 523 g/mol. The van der Waals surface area contributed by atoms with Crippen molar-refractivity contribution in [1.82, 2.24) is 20.1 Å². The first kappa shape index (κ1) is 25.1. The summed E-state index contributed by atoms with van der Waals surface area (Å²) in [4.78, 5) is 15.0. The van der Waals surface area contributed by atoms with Crippen LogP contribution in [0.1, 0.15) is 89.8 Å². The van der Waals surface area contributed by atoms with Crippen molar-refractivity contribution in [3.8, 4) is 0 Å². The summed E-state index contributed by atoms with van der Waals surface area (Å²) < 4.78 is 44.4. The number of rotatable bonds is 7. The second kappa shape index (κ2) is 9.22. The van der Waals surface area contributed by atoms with Crippen molar-refractivity contribution in [3.05, 3.63) is 76.4 Å². The lowest BCUT2D eigenvalue weighted by Gasteiger charge is -2.39. The van der Waals surface area contributed by atoms with Crippen LogP contribution in [0.4, 0.5) is 18.9 Å². The number of nitrogens with zero attached hydrogens (tertiary/aromatic N) is 4. The van der Waals surface area contributed by atoms with E-state index in [0.717, 1.165) is 49.9 Å². The molecular weight excluding hydrogens is 491 g/mol. The number of halogens is 3. The number of carbonyl (C=O) groups excluding carboxylic acids is 1. The standard InChI is InChI=1S/C29H32F3N5O/c1-28(10-5-11-28)33-15-18-12-22-23(24(13-18)29(30,31)32)16-37(27(22)38)21-9-4-8-20(14-21)25(19-6-3-7-19)26-35-34-17-36(26)2/h4,8-9,12-14,17,19,25,33H,3,5-7,10-11,15-16H2,1-2H3. The molecule has 200 valence electrons. The van der Waals surface area contributed by atoms with E-state index in [1.54, 1.807) is 18.5 Å². The maximum Gasteiger partial charge on any atom is 0.416 e. The van der Waals surface area contributed by atoms with E-state index in [1.807, 2.05) is 29.8 Å². The number of benzene rings is 2. The van der Waals surface area contributed by atoms with Gasteiger partial charge in [-0.3, -0.25) is 4.79 Å². The molecule has 2 aromatic carbocycles. The Morgan fingerprint density at radius 2 is 1.95 bits per heavy atom. The van der Waals surface area contributed by atoms with Crippen LogP contribution in [0.2, 0.25) is 0 Å². The molecule has 0 saturated heterocycles. The third-order valence-corrected chi connectivity index (χ3v) is 8.77. The summed E-state index contributed by atoms with van der Waals surface area (Å²) in [6.07, 6.45) is 3.59. The number of hydrogen-bond donors (Lipinski definition) is 1. The second-order valence-electron chi connectivity index (χ2n) is 11.4. The second-order valence-corrected chi connectivity index (χ2v) is 11.4. The number of nitrogens with one attached hydrogen (secondary N) is 1. The Hall–Kier alpha value is -3.20. The van der Waals surface area contributed by atoms with Gasteiger partial charge in [-0.05, 0) is 85.9 Å². The van der Waals surface area contributed by atoms with Crippen LogP contribution in [0.15, 0.2) is 42.7 Å². The molecule has 6 rings (SSSR count). The molecule has 0 radical (unpaired) electrons. The molecule has 38 heavy (non-hydrogen) atoms. The van der Waals surface area contributed by atoms with Gasteiger partial charge < -0.3 is 14.8 Å². The average molecular weight is 524 g/mol. The zero-order valence-electron chi connectivity index (χ0n) is 21.7. The van der Waals surface area contributed by atoms with Crippen LogP contribution in [-0.2, 0) is 26.3 Å². The smallest absolute Gasteiger partial charge is 0.320 e. The Labute approximate surface area is 220 Å². The fourth-order valence-corrected chi connectivity index (χ4v) is 6.10. The highest BCUT2D eigenvalue weighted by Gasteiger charge is 2.41. The molecule has 2 aliphatic carbocycles. The highest BCUT2D eigenvalue weighted by Crippen LogP contribution is 2.44. The van der Waals surface area contributed by atoms with Gasteiger partial charge in [0.05, 0.1) is 12.1 Å². The van der Waals surface area contributed by atoms with E-state index in [1.165, 1.54) is 11.0 Å². The quantitative estimate of drug-likeness (QED) is 0.415. The molecule has 2 heterocycles. The molecule has 2 fully saturated rings. The van der Waals surface area contributed by atoms with Crippen molar-refractivity contribution in [1.29, 1.82) is 0 Å². The molecule has 1 amide bonds. The van der Waals surface area contributed by atoms with Crippen molar-refractivity contribution >= 4 is 11.6 Å². The molecule has 3 aliphatic rings. The Balaban J connectivity index is 1.33. The summed E-state index contributed by atoms with van der Waals surface area (Å²) >= 11 is 0. The molecule has 2 saturated carbocycles. The maximum atomic E-state index is 14.2. The summed E-state index contributed by atoms with van der Waals surface area (Å²) in [6, 6.07) is 10.5. The molecule has 3 aromatic rings. The number of aromatic nitrogens is 3. The van der Waals surface area contributed by atoms with Gasteiger partial charge >= 0.3 is 6.18 Å². The number of amides is 1. The van der Waals surface area contributed by atoms with Gasteiger partial charge in [0.25, 0.3) is 5.91 Å². The van der Waals surface area contributed by atoms with Gasteiger partial charge in [-0.15, -0.1) is 10.2 Å². The lowest BCUT2D eigenvalue weighted by Crippen LogP contribution is -2.47. The number of anilines is 1. The molecule has 1 aromatic heterocycles. The van der Waals surface area contributed by atoms with Crippen LogP contribution in [0.5, 0.6) is 0 Å². The molecule has 9 heteroatoms. The highest BCUT2D eigenvalue weighted by molar-refractivity contribution is 6.10. The topological polar surface area (TPSA) is 63.1 Å². The SMILES string of the molecule is Cn1cnnc1C(c1cccc(N2Cc3c(cc(CNC4(C)CCC4)cc3C(F)(F)F)C2=O)c1)C1CCC1. The minimum absolute atomic E-state index is 0.0209. The van der Waals surface area contributed by atoms with Crippen molar-refractivity contribution < 1.29 is 18.0 Å². The molecule has 0 spiro atoms. The van der Waals surface area contributed by atoms with Crippen LogP contribution in [0.3, 0.4) is 0 Å². The number of aryl methyl sites for hydroxylation is 1. The normalized spacial score (nSPS) is 19.7. The maximum absolute atomic E-state index is 14.2.